The molecule has 0 saturated heterocycles. The van der Waals surface area contributed by atoms with E-state index in [4.69, 9.17) is 4.74 Å². The number of nitrogens with one attached hydrogen (secondary N) is 1. The zero-order chi connectivity index (χ0) is 18.4. The molecule has 6 heteroatoms. The summed E-state index contributed by atoms with van der Waals surface area (Å²) in [5.74, 6) is -0.581. The summed E-state index contributed by atoms with van der Waals surface area (Å²) in [5, 5.41) is 2.77. The molecule has 0 spiro atoms. The summed E-state index contributed by atoms with van der Waals surface area (Å²) in [6.07, 6.45) is 0.438. The summed E-state index contributed by atoms with van der Waals surface area (Å²) < 4.78 is 19.5. The van der Waals surface area contributed by atoms with Crippen LogP contribution in [0.1, 0.15) is 30.6 Å². The van der Waals surface area contributed by atoms with Crippen LogP contribution >= 0.6 is 15.9 Å². The fourth-order valence-corrected chi connectivity index (χ4v) is 2.47. The molecule has 2 aromatic rings. The highest BCUT2D eigenvalue weighted by molar-refractivity contribution is 9.10. The number of halogens is 2. The Morgan fingerprint density at radius 3 is 2.44 bits per heavy atom. The van der Waals surface area contributed by atoms with Gasteiger partial charge in [-0.15, -0.1) is 0 Å². The smallest absolute Gasteiger partial charge is 0.224 e. The molecule has 2 rings (SSSR count). The molecule has 0 atom stereocenters. The number of anilines is 1. The summed E-state index contributed by atoms with van der Waals surface area (Å²) in [7, 11) is 0. The van der Waals surface area contributed by atoms with Crippen LogP contribution in [0.25, 0.3) is 0 Å². The molecule has 1 amide bonds. The summed E-state index contributed by atoms with van der Waals surface area (Å²) >= 11 is 3.16. The van der Waals surface area contributed by atoms with E-state index in [0.717, 1.165) is 0 Å². The number of rotatable bonds is 7. The molecule has 0 aliphatic rings. The number of carbonyl (C=O) groups is 2. The van der Waals surface area contributed by atoms with E-state index in [1.807, 2.05) is 13.8 Å². The third-order valence-electron chi connectivity index (χ3n) is 3.34. The standard InChI is InChI=1S/C19H19BrFNO3/c1-12(2)9-19(24)22-15-6-3-13(4-7-15)17(23)11-25-18-8-5-14(20)10-16(18)21/h3-8,10,12H,9,11H2,1-2H3,(H,22,24). The van der Waals surface area contributed by atoms with Crippen LogP contribution in [0, 0.1) is 11.7 Å². The van der Waals surface area contributed by atoms with Crippen molar-refractivity contribution in [2.75, 3.05) is 11.9 Å². The molecular weight excluding hydrogens is 389 g/mol. The average molecular weight is 408 g/mol. The maximum absolute atomic E-state index is 13.7. The van der Waals surface area contributed by atoms with Crippen LogP contribution in [0.15, 0.2) is 46.9 Å². The van der Waals surface area contributed by atoms with Gasteiger partial charge in [-0.05, 0) is 48.4 Å². The first-order valence-electron chi connectivity index (χ1n) is 7.86. The predicted molar refractivity (Wildman–Crippen MR) is 98.5 cm³/mol. The Balaban J connectivity index is 1.92. The second-order valence-electron chi connectivity index (χ2n) is 6.01. The minimum atomic E-state index is -0.537. The van der Waals surface area contributed by atoms with E-state index >= 15 is 0 Å². The molecule has 0 radical (unpaired) electrons. The van der Waals surface area contributed by atoms with Gasteiger partial charge in [0.2, 0.25) is 5.91 Å². The molecule has 0 aliphatic carbocycles. The van der Waals surface area contributed by atoms with Gasteiger partial charge >= 0.3 is 0 Å². The van der Waals surface area contributed by atoms with Crippen LogP contribution in [0.3, 0.4) is 0 Å². The Hall–Kier alpha value is -2.21. The third kappa shape index (κ3) is 5.98. The Labute approximate surface area is 154 Å². The van der Waals surface area contributed by atoms with Crippen molar-refractivity contribution in [2.24, 2.45) is 5.92 Å². The highest BCUT2D eigenvalue weighted by Gasteiger charge is 2.11. The molecule has 25 heavy (non-hydrogen) atoms. The molecule has 0 bridgehead atoms. The number of hydrogen-bond donors (Lipinski definition) is 1. The molecule has 0 aliphatic heterocycles. The summed E-state index contributed by atoms with van der Waals surface area (Å²) in [6, 6.07) is 10.9. The molecule has 0 unspecified atom stereocenters. The van der Waals surface area contributed by atoms with E-state index in [1.165, 1.54) is 12.1 Å². The van der Waals surface area contributed by atoms with Gasteiger partial charge in [0, 0.05) is 22.1 Å². The van der Waals surface area contributed by atoms with Gasteiger partial charge in [0.05, 0.1) is 0 Å². The minimum Gasteiger partial charge on any atom is -0.482 e. The number of ether oxygens (including phenoxy) is 1. The minimum absolute atomic E-state index is 0.0223. The van der Waals surface area contributed by atoms with Crippen molar-refractivity contribution in [3.8, 4) is 5.75 Å². The van der Waals surface area contributed by atoms with E-state index in [0.29, 0.717) is 22.1 Å². The van der Waals surface area contributed by atoms with Gasteiger partial charge in [0.25, 0.3) is 0 Å². The summed E-state index contributed by atoms with van der Waals surface area (Å²) in [5.41, 5.74) is 1.06. The van der Waals surface area contributed by atoms with Crippen molar-refractivity contribution in [1.29, 1.82) is 0 Å². The Kier molecular flexibility index (Phi) is 6.70. The SMILES string of the molecule is CC(C)CC(=O)Nc1ccc(C(=O)COc2ccc(Br)cc2F)cc1. The van der Waals surface area contributed by atoms with Gasteiger partial charge in [-0.25, -0.2) is 4.39 Å². The molecule has 2 aromatic carbocycles. The molecule has 132 valence electrons. The second kappa shape index (κ2) is 8.76. The van der Waals surface area contributed by atoms with E-state index in [2.05, 4.69) is 21.2 Å². The molecule has 0 heterocycles. The first-order valence-corrected chi connectivity index (χ1v) is 8.65. The largest absolute Gasteiger partial charge is 0.482 e. The van der Waals surface area contributed by atoms with Crippen LogP contribution in [-0.2, 0) is 4.79 Å². The Bertz CT molecular complexity index is 760. The van der Waals surface area contributed by atoms with Gasteiger partial charge < -0.3 is 10.1 Å². The highest BCUT2D eigenvalue weighted by atomic mass is 79.9. The number of benzene rings is 2. The molecule has 4 nitrogen and oxygen atoms in total. The van der Waals surface area contributed by atoms with Crippen LogP contribution in [-0.4, -0.2) is 18.3 Å². The predicted octanol–water partition coefficient (Wildman–Crippen LogP) is 4.83. The van der Waals surface area contributed by atoms with Crippen molar-refractivity contribution in [2.45, 2.75) is 20.3 Å². The maximum Gasteiger partial charge on any atom is 0.224 e. The number of ketones is 1. The van der Waals surface area contributed by atoms with Crippen molar-refractivity contribution in [1.82, 2.24) is 0 Å². The van der Waals surface area contributed by atoms with E-state index < -0.39 is 5.82 Å². The number of carbonyl (C=O) groups excluding carboxylic acids is 2. The lowest BCUT2D eigenvalue weighted by Gasteiger charge is -2.09. The van der Waals surface area contributed by atoms with Gasteiger partial charge in [-0.1, -0.05) is 29.8 Å². The van der Waals surface area contributed by atoms with Crippen molar-refractivity contribution in [3.63, 3.8) is 0 Å². The van der Waals surface area contributed by atoms with E-state index in [-0.39, 0.29) is 30.0 Å². The molecule has 0 saturated carbocycles. The first-order chi connectivity index (χ1) is 11.8. The van der Waals surface area contributed by atoms with Gasteiger partial charge in [0.15, 0.2) is 24.0 Å². The van der Waals surface area contributed by atoms with Gasteiger partial charge in [0.1, 0.15) is 0 Å². The van der Waals surface area contributed by atoms with E-state index in [9.17, 15) is 14.0 Å². The molecule has 1 N–H and O–H groups in total. The van der Waals surface area contributed by atoms with Gasteiger partial charge in [-0.2, -0.15) is 0 Å². The molecule has 0 fully saturated rings. The lowest BCUT2D eigenvalue weighted by Crippen LogP contribution is -2.14. The second-order valence-corrected chi connectivity index (χ2v) is 6.93. The zero-order valence-corrected chi connectivity index (χ0v) is 15.6. The maximum atomic E-state index is 13.7. The topological polar surface area (TPSA) is 55.4 Å². The lowest BCUT2D eigenvalue weighted by molar-refractivity contribution is -0.116. The number of Topliss-reactive ketones (excluding diaryl/α,β-unsaturated/α-hetero) is 1. The fraction of sp³-hybridized carbons (Fsp3) is 0.263. The fourth-order valence-electron chi connectivity index (χ4n) is 2.14. The number of hydrogen-bond acceptors (Lipinski definition) is 3. The Morgan fingerprint density at radius 2 is 1.84 bits per heavy atom. The first kappa shape index (κ1) is 19.1. The highest BCUT2D eigenvalue weighted by Crippen LogP contribution is 2.21. The zero-order valence-electron chi connectivity index (χ0n) is 14.0. The van der Waals surface area contributed by atoms with Crippen LogP contribution < -0.4 is 10.1 Å². The monoisotopic (exact) mass is 407 g/mol. The average Bonchev–Trinajstić information content (AvgIpc) is 2.53. The van der Waals surface area contributed by atoms with Crippen molar-refractivity contribution < 1.29 is 18.7 Å². The van der Waals surface area contributed by atoms with Crippen molar-refractivity contribution >= 4 is 33.3 Å². The van der Waals surface area contributed by atoms with E-state index in [1.54, 1.807) is 30.3 Å². The lowest BCUT2D eigenvalue weighted by atomic mass is 10.1. The third-order valence-corrected chi connectivity index (χ3v) is 3.83. The van der Waals surface area contributed by atoms with Crippen molar-refractivity contribution in [3.05, 3.63) is 58.3 Å². The quantitative estimate of drug-likeness (QED) is 0.668. The van der Waals surface area contributed by atoms with Crippen LogP contribution in [0.2, 0.25) is 0 Å². The summed E-state index contributed by atoms with van der Waals surface area (Å²) in [4.78, 5) is 23.9. The van der Waals surface area contributed by atoms with Crippen LogP contribution in [0.5, 0.6) is 5.75 Å². The normalized spacial score (nSPS) is 10.6. The van der Waals surface area contributed by atoms with Crippen LogP contribution in [0.4, 0.5) is 10.1 Å². The van der Waals surface area contributed by atoms with Gasteiger partial charge in [-0.3, -0.25) is 9.59 Å². The number of amides is 1. The summed E-state index contributed by atoms with van der Waals surface area (Å²) in [6.45, 7) is 3.67. The Morgan fingerprint density at radius 1 is 1.16 bits per heavy atom. The molecule has 0 aromatic heterocycles. The molecular formula is C19H19BrFNO3.